The van der Waals surface area contributed by atoms with Crippen LogP contribution in [0.15, 0.2) is 24.3 Å². The summed E-state index contributed by atoms with van der Waals surface area (Å²) in [7, 11) is 0. The van der Waals surface area contributed by atoms with E-state index in [1.165, 1.54) is 0 Å². The van der Waals surface area contributed by atoms with E-state index in [0.717, 1.165) is 24.3 Å². The van der Waals surface area contributed by atoms with E-state index in [4.69, 9.17) is 4.74 Å². The summed E-state index contributed by atoms with van der Waals surface area (Å²) < 4.78 is 55.5. The Morgan fingerprint density at radius 3 is 1.95 bits per heavy atom. The first kappa shape index (κ1) is 15.5. The number of benzene rings is 1. The Labute approximate surface area is 108 Å². The van der Waals surface area contributed by atoms with Crippen LogP contribution in [-0.4, -0.2) is 11.6 Å². The summed E-state index contributed by atoms with van der Waals surface area (Å²) in [5, 5.41) is 0. The molecule has 0 bridgehead atoms. The Kier molecular flexibility index (Phi) is 4.22. The van der Waals surface area contributed by atoms with Gasteiger partial charge < -0.3 is 4.74 Å². The molecule has 0 saturated carbocycles. The average Bonchev–Trinajstić information content (AvgIpc) is 2.24. The monoisotopic (exact) mass is 278 g/mol. The summed E-state index contributed by atoms with van der Waals surface area (Å²) >= 11 is 0. The molecule has 1 aromatic rings. The van der Waals surface area contributed by atoms with Crippen LogP contribution in [-0.2, 0) is 15.7 Å². The first-order chi connectivity index (χ1) is 8.50. The lowest BCUT2D eigenvalue weighted by atomic mass is 10.1. The molecule has 0 aliphatic heterocycles. The minimum absolute atomic E-state index is 0.165. The van der Waals surface area contributed by atoms with Crippen LogP contribution >= 0.6 is 0 Å². The predicted octanol–water partition coefficient (Wildman–Crippen LogP) is 4.06. The van der Waals surface area contributed by atoms with Gasteiger partial charge in [-0.3, -0.25) is 0 Å². The molecule has 0 N–H and O–H groups in total. The number of carbonyl (C=O) groups excluding carboxylic acids is 1. The van der Waals surface area contributed by atoms with E-state index in [2.05, 4.69) is 0 Å². The molecule has 1 unspecified atom stereocenters. The lowest BCUT2D eigenvalue weighted by molar-refractivity contribution is -0.161. The van der Waals surface area contributed by atoms with Gasteiger partial charge in [-0.2, -0.15) is 13.2 Å². The maximum absolute atomic E-state index is 13.7. The summed E-state index contributed by atoms with van der Waals surface area (Å²) in [6, 6.07) is 3.31. The summed E-state index contributed by atoms with van der Waals surface area (Å²) in [6.07, 6.45) is -6.59. The lowest BCUT2D eigenvalue weighted by Crippen LogP contribution is -2.26. The molecule has 2 nitrogen and oxygen atoms in total. The van der Waals surface area contributed by atoms with Crippen LogP contribution in [0.5, 0.6) is 0 Å². The second-order valence-corrected chi connectivity index (χ2v) is 5.02. The molecule has 0 fully saturated rings. The number of halogens is 4. The highest BCUT2D eigenvalue weighted by Crippen LogP contribution is 2.31. The van der Waals surface area contributed by atoms with Crippen LogP contribution in [0.25, 0.3) is 0 Å². The molecule has 0 spiro atoms. The highest BCUT2D eigenvalue weighted by Gasteiger charge is 2.31. The number of rotatable bonds is 2. The Bertz CT molecular complexity index is 443. The SMILES string of the molecule is CC(C)(C)OC(=O)C(F)c1ccc(C(F)(F)F)cc1. The fraction of sp³-hybridized carbons (Fsp3) is 0.462. The zero-order valence-corrected chi connectivity index (χ0v) is 10.7. The maximum Gasteiger partial charge on any atom is 0.416 e. The van der Waals surface area contributed by atoms with Gasteiger partial charge in [-0.05, 0) is 38.5 Å². The van der Waals surface area contributed by atoms with Gasteiger partial charge in [0.25, 0.3) is 0 Å². The number of carbonyl (C=O) groups is 1. The molecule has 0 aromatic heterocycles. The normalized spacial score (nSPS) is 14.1. The van der Waals surface area contributed by atoms with E-state index in [1.54, 1.807) is 20.8 Å². The second kappa shape index (κ2) is 5.19. The molecule has 0 heterocycles. The molecule has 6 heteroatoms. The molecule has 0 radical (unpaired) electrons. The standard InChI is InChI=1S/C13H14F4O2/c1-12(2,3)19-11(18)10(14)8-4-6-9(7-5-8)13(15,16)17/h4-7,10H,1-3H3. The van der Waals surface area contributed by atoms with Crippen molar-refractivity contribution < 1.29 is 27.1 Å². The third kappa shape index (κ3) is 4.54. The third-order valence-electron chi connectivity index (χ3n) is 2.14. The Balaban J connectivity index is 2.84. The van der Waals surface area contributed by atoms with Crippen molar-refractivity contribution in [1.82, 2.24) is 0 Å². The number of hydrogen-bond acceptors (Lipinski definition) is 2. The van der Waals surface area contributed by atoms with Crippen molar-refractivity contribution in [3.8, 4) is 0 Å². The van der Waals surface area contributed by atoms with Crippen molar-refractivity contribution in [2.24, 2.45) is 0 Å². The van der Waals surface area contributed by atoms with Gasteiger partial charge >= 0.3 is 12.1 Å². The van der Waals surface area contributed by atoms with E-state index >= 15 is 0 Å². The van der Waals surface area contributed by atoms with Gasteiger partial charge in [0.15, 0.2) is 0 Å². The number of ether oxygens (including phenoxy) is 1. The lowest BCUT2D eigenvalue weighted by Gasteiger charge is -2.21. The molecule has 1 atom stereocenters. The van der Waals surface area contributed by atoms with Crippen molar-refractivity contribution >= 4 is 5.97 Å². The molecule has 19 heavy (non-hydrogen) atoms. The molecule has 0 aliphatic carbocycles. The zero-order chi connectivity index (χ0) is 14.8. The topological polar surface area (TPSA) is 26.3 Å². The smallest absolute Gasteiger partial charge is 0.416 e. The Morgan fingerprint density at radius 2 is 1.58 bits per heavy atom. The van der Waals surface area contributed by atoms with E-state index in [1.807, 2.05) is 0 Å². The number of alkyl halides is 4. The predicted molar refractivity (Wildman–Crippen MR) is 61.1 cm³/mol. The maximum atomic E-state index is 13.7. The van der Waals surface area contributed by atoms with E-state index in [-0.39, 0.29) is 5.56 Å². The van der Waals surface area contributed by atoms with Crippen molar-refractivity contribution in [2.75, 3.05) is 0 Å². The van der Waals surface area contributed by atoms with Gasteiger partial charge in [-0.1, -0.05) is 12.1 Å². The van der Waals surface area contributed by atoms with Crippen LogP contribution in [0.3, 0.4) is 0 Å². The molecular weight excluding hydrogens is 264 g/mol. The van der Waals surface area contributed by atoms with Gasteiger partial charge in [0.1, 0.15) is 5.60 Å². The molecule has 0 amide bonds. The van der Waals surface area contributed by atoms with Gasteiger partial charge in [0.05, 0.1) is 5.56 Å². The van der Waals surface area contributed by atoms with Crippen molar-refractivity contribution in [1.29, 1.82) is 0 Å². The molecule has 0 aliphatic rings. The largest absolute Gasteiger partial charge is 0.458 e. The Morgan fingerprint density at radius 1 is 1.11 bits per heavy atom. The summed E-state index contributed by atoms with van der Waals surface area (Å²) in [5.74, 6) is -1.12. The van der Waals surface area contributed by atoms with Crippen LogP contribution in [0.4, 0.5) is 17.6 Å². The summed E-state index contributed by atoms with van der Waals surface area (Å²) in [5.41, 5.74) is -1.91. The van der Waals surface area contributed by atoms with Crippen LogP contribution in [0.2, 0.25) is 0 Å². The van der Waals surface area contributed by atoms with E-state index < -0.39 is 29.5 Å². The van der Waals surface area contributed by atoms with E-state index in [0.29, 0.717) is 0 Å². The van der Waals surface area contributed by atoms with Crippen LogP contribution in [0.1, 0.15) is 38.1 Å². The highest BCUT2D eigenvalue weighted by molar-refractivity contribution is 5.76. The van der Waals surface area contributed by atoms with Crippen molar-refractivity contribution in [3.63, 3.8) is 0 Å². The summed E-state index contributed by atoms with van der Waals surface area (Å²) in [6.45, 7) is 4.72. The Hall–Kier alpha value is -1.59. The third-order valence-corrected chi connectivity index (χ3v) is 2.14. The first-order valence-corrected chi connectivity index (χ1v) is 5.55. The zero-order valence-electron chi connectivity index (χ0n) is 10.7. The van der Waals surface area contributed by atoms with Gasteiger partial charge in [0.2, 0.25) is 6.17 Å². The van der Waals surface area contributed by atoms with Crippen LogP contribution < -0.4 is 0 Å². The quantitative estimate of drug-likeness (QED) is 0.602. The first-order valence-electron chi connectivity index (χ1n) is 5.55. The fourth-order valence-electron chi connectivity index (χ4n) is 1.33. The molecule has 1 aromatic carbocycles. The minimum atomic E-state index is -4.49. The minimum Gasteiger partial charge on any atom is -0.458 e. The van der Waals surface area contributed by atoms with Crippen molar-refractivity contribution in [2.45, 2.75) is 38.7 Å². The average molecular weight is 278 g/mol. The number of esters is 1. The second-order valence-electron chi connectivity index (χ2n) is 5.02. The fourth-order valence-corrected chi connectivity index (χ4v) is 1.33. The van der Waals surface area contributed by atoms with Crippen molar-refractivity contribution in [3.05, 3.63) is 35.4 Å². The molecular formula is C13H14F4O2. The number of hydrogen-bond donors (Lipinski definition) is 0. The summed E-state index contributed by atoms with van der Waals surface area (Å²) in [4.78, 5) is 11.4. The van der Waals surface area contributed by atoms with Gasteiger partial charge in [-0.25, -0.2) is 9.18 Å². The molecule has 0 saturated heterocycles. The van der Waals surface area contributed by atoms with E-state index in [9.17, 15) is 22.4 Å². The van der Waals surface area contributed by atoms with Gasteiger partial charge in [-0.15, -0.1) is 0 Å². The molecule has 1 rings (SSSR count). The van der Waals surface area contributed by atoms with Crippen LogP contribution in [0, 0.1) is 0 Å². The van der Waals surface area contributed by atoms with Gasteiger partial charge in [0, 0.05) is 0 Å². The molecule has 106 valence electrons. The highest BCUT2D eigenvalue weighted by atomic mass is 19.4.